The molecule has 0 spiro atoms. The van der Waals surface area contributed by atoms with E-state index in [0.717, 1.165) is 26.8 Å². The van der Waals surface area contributed by atoms with Crippen LogP contribution in [-0.2, 0) is 4.74 Å². The second-order valence-electron chi connectivity index (χ2n) is 8.49. The number of carbonyl (C=O) groups is 1. The Morgan fingerprint density at radius 3 is 2.88 bits per heavy atom. The van der Waals surface area contributed by atoms with Gasteiger partial charge in [0.05, 0.1) is 11.4 Å². The molecule has 1 aromatic heterocycles. The molecule has 2 aromatic carbocycles. The first-order valence-corrected chi connectivity index (χ1v) is 10.8. The number of aryl methyl sites for hydroxylation is 2. The SMILES string of the molecule is Cc1ccc(C)c(-c2cccc3cc(C(=O)NC4COC5=CC=CC(C)C5=[N+]4[O-])[nH]c23)c1. The number of aromatic nitrogens is 1. The van der Waals surface area contributed by atoms with Gasteiger partial charge in [-0.15, -0.1) is 0 Å². The molecule has 0 fully saturated rings. The molecule has 5 rings (SSSR count). The molecule has 3 aromatic rings. The van der Waals surface area contributed by atoms with Crippen molar-refractivity contribution in [1.29, 1.82) is 0 Å². The Morgan fingerprint density at radius 2 is 2.03 bits per heavy atom. The smallest absolute Gasteiger partial charge is 0.273 e. The van der Waals surface area contributed by atoms with Crippen molar-refractivity contribution >= 4 is 22.5 Å². The van der Waals surface area contributed by atoms with E-state index >= 15 is 0 Å². The molecule has 1 aliphatic heterocycles. The lowest BCUT2D eigenvalue weighted by Crippen LogP contribution is -2.51. The third-order valence-electron chi connectivity index (χ3n) is 6.13. The van der Waals surface area contributed by atoms with Crippen molar-refractivity contribution < 1.29 is 14.3 Å². The average molecular weight is 428 g/mol. The van der Waals surface area contributed by atoms with Gasteiger partial charge >= 0.3 is 0 Å². The maximum atomic E-state index is 13.0. The summed E-state index contributed by atoms with van der Waals surface area (Å²) in [7, 11) is 0. The van der Waals surface area contributed by atoms with Gasteiger partial charge in [0.1, 0.15) is 5.69 Å². The Labute approximate surface area is 186 Å². The summed E-state index contributed by atoms with van der Waals surface area (Å²) in [5.74, 6) is 0.166. The van der Waals surface area contributed by atoms with Crippen molar-refractivity contribution in [2.24, 2.45) is 5.92 Å². The number of fused-ring (bicyclic) bond motifs is 2. The van der Waals surface area contributed by atoms with Crippen molar-refractivity contribution in [3.8, 4) is 11.1 Å². The highest BCUT2D eigenvalue weighted by Gasteiger charge is 2.36. The Kier molecular flexibility index (Phi) is 4.85. The number of H-pyrrole nitrogens is 1. The topological polar surface area (TPSA) is 80.2 Å². The summed E-state index contributed by atoms with van der Waals surface area (Å²) >= 11 is 0. The zero-order valence-corrected chi connectivity index (χ0v) is 18.3. The first-order valence-electron chi connectivity index (χ1n) is 10.8. The second kappa shape index (κ2) is 7.71. The molecule has 1 amide bonds. The maximum Gasteiger partial charge on any atom is 0.273 e. The molecule has 32 heavy (non-hydrogen) atoms. The van der Waals surface area contributed by atoms with E-state index in [1.807, 2.05) is 37.3 Å². The summed E-state index contributed by atoms with van der Waals surface area (Å²) in [6, 6.07) is 14.2. The highest BCUT2D eigenvalue weighted by Crippen LogP contribution is 2.31. The lowest BCUT2D eigenvalue weighted by atomic mass is 9.97. The third kappa shape index (κ3) is 3.38. The fourth-order valence-corrected chi connectivity index (χ4v) is 4.40. The van der Waals surface area contributed by atoms with Crippen LogP contribution in [0.2, 0.25) is 0 Å². The molecule has 2 atom stereocenters. The van der Waals surface area contributed by atoms with Gasteiger partial charge in [-0.05, 0) is 44.0 Å². The van der Waals surface area contributed by atoms with E-state index in [1.165, 1.54) is 11.1 Å². The van der Waals surface area contributed by atoms with Crippen LogP contribution in [0.4, 0.5) is 0 Å². The molecule has 162 valence electrons. The van der Waals surface area contributed by atoms with E-state index in [2.05, 4.69) is 48.4 Å². The molecule has 6 heteroatoms. The summed E-state index contributed by atoms with van der Waals surface area (Å²) in [5.41, 5.74) is 6.37. The highest BCUT2D eigenvalue weighted by molar-refractivity contribution is 6.03. The van der Waals surface area contributed by atoms with Crippen LogP contribution >= 0.6 is 0 Å². The first kappa shape index (κ1) is 20.1. The number of allylic oxidation sites excluding steroid dienone is 4. The molecule has 0 radical (unpaired) electrons. The Bertz CT molecular complexity index is 1330. The Balaban J connectivity index is 1.47. The van der Waals surface area contributed by atoms with Crippen LogP contribution in [0.25, 0.3) is 22.0 Å². The monoisotopic (exact) mass is 427 g/mol. The Hall–Kier alpha value is -3.80. The predicted octanol–water partition coefficient (Wildman–Crippen LogP) is 4.58. The van der Waals surface area contributed by atoms with Crippen LogP contribution in [-0.4, -0.2) is 34.1 Å². The summed E-state index contributed by atoms with van der Waals surface area (Å²) in [4.78, 5) is 16.3. The van der Waals surface area contributed by atoms with E-state index in [9.17, 15) is 10.0 Å². The number of benzene rings is 2. The van der Waals surface area contributed by atoms with Gasteiger partial charge in [0.15, 0.2) is 12.4 Å². The molecule has 2 unspecified atom stereocenters. The number of aromatic amines is 1. The van der Waals surface area contributed by atoms with Crippen molar-refractivity contribution in [2.45, 2.75) is 26.9 Å². The van der Waals surface area contributed by atoms with E-state index in [0.29, 0.717) is 17.2 Å². The second-order valence-corrected chi connectivity index (χ2v) is 8.49. The number of amides is 1. The van der Waals surface area contributed by atoms with Crippen LogP contribution in [0.15, 0.2) is 66.5 Å². The number of hydrogen-bond donors (Lipinski definition) is 2. The molecule has 1 aliphatic carbocycles. The van der Waals surface area contributed by atoms with Crippen LogP contribution in [0.3, 0.4) is 0 Å². The van der Waals surface area contributed by atoms with Crippen molar-refractivity contribution in [3.05, 3.63) is 88.5 Å². The number of rotatable bonds is 3. The minimum Gasteiger partial charge on any atom is -0.622 e. The minimum absolute atomic E-state index is 0.0691. The summed E-state index contributed by atoms with van der Waals surface area (Å²) in [6.45, 7) is 6.18. The molecule has 0 bridgehead atoms. The average Bonchev–Trinajstić information content (AvgIpc) is 3.22. The molecule has 6 nitrogen and oxygen atoms in total. The number of para-hydroxylation sites is 1. The van der Waals surface area contributed by atoms with Gasteiger partial charge in [0, 0.05) is 10.9 Å². The molecular formula is C26H25N3O3. The zero-order chi connectivity index (χ0) is 22.4. The van der Waals surface area contributed by atoms with E-state index in [1.54, 1.807) is 6.08 Å². The number of ether oxygens (including phenoxy) is 1. The minimum atomic E-state index is -0.784. The lowest BCUT2D eigenvalue weighted by Gasteiger charge is -2.29. The quantitative estimate of drug-likeness (QED) is 0.474. The standard InChI is InChI=1S/C26H25N3O3/c1-15-10-11-16(2)20(12-15)19-8-5-7-18-13-21(27-24(18)19)26(30)28-23-14-32-22-9-4-6-17(3)25(22)29(23)31/h4-13,17,23,27H,14H2,1-3H3,(H,28,30). The number of hydrogen-bond acceptors (Lipinski definition) is 3. The van der Waals surface area contributed by atoms with E-state index in [4.69, 9.17) is 4.74 Å². The number of hydroxylamine groups is 1. The molecule has 2 heterocycles. The van der Waals surface area contributed by atoms with Crippen LogP contribution < -0.4 is 5.32 Å². The van der Waals surface area contributed by atoms with Crippen molar-refractivity contribution in [1.82, 2.24) is 10.3 Å². The number of carbonyl (C=O) groups excluding carboxylic acids is 1. The lowest BCUT2D eigenvalue weighted by molar-refractivity contribution is -0.518. The van der Waals surface area contributed by atoms with Gasteiger partial charge in [0.2, 0.25) is 5.71 Å². The van der Waals surface area contributed by atoms with E-state index < -0.39 is 6.17 Å². The fourth-order valence-electron chi connectivity index (χ4n) is 4.40. The van der Waals surface area contributed by atoms with Crippen molar-refractivity contribution in [3.63, 3.8) is 0 Å². The predicted molar refractivity (Wildman–Crippen MR) is 125 cm³/mol. The van der Waals surface area contributed by atoms with Gasteiger partial charge in [-0.1, -0.05) is 54.1 Å². The van der Waals surface area contributed by atoms with Gasteiger partial charge in [0.25, 0.3) is 12.1 Å². The van der Waals surface area contributed by atoms with Gasteiger partial charge < -0.3 is 14.9 Å². The van der Waals surface area contributed by atoms with Gasteiger partial charge in [-0.3, -0.25) is 10.1 Å². The normalized spacial score (nSPS) is 20.0. The van der Waals surface area contributed by atoms with Crippen LogP contribution in [0.5, 0.6) is 0 Å². The zero-order valence-electron chi connectivity index (χ0n) is 18.3. The fraction of sp³-hybridized carbons (Fsp3) is 0.231. The first-order chi connectivity index (χ1) is 15.4. The molecule has 2 N–H and O–H groups in total. The number of nitrogens with one attached hydrogen (secondary N) is 2. The van der Waals surface area contributed by atoms with Crippen LogP contribution in [0, 0.1) is 25.0 Å². The molecule has 0 saturated carbocycles. The maximum absolute atomic E-state index is 13.0. The van der Waals surface area contributed by atoms with E-state index in [-0.39, 0.29) is 18.4 Å². The van der Waals surface area contributed by atoms with Crippen molar-refractivity contribution in [2.75, 3.05) is 6.61 Å². The number of nitrogens with zero attached hydrogens (tertiary/aromatic N) is 1. The van der Waals surface area contributed by atoms with Gasteiger partial charge in [-0.25, -0.2) is 0 Å². The summed E-state index contributed by atoms with van der Waals surface area (Å²) in [5, 5.41) is 16.7. The summed E-state index contributed by atoms with van der Waals surface area (Å²) in [6.07, 6.45) is 4.82. The molecule has 2 aliphatic rings. The third-order valence-corrected chi connectivity index (χ3v) is 6.13. The Morgan fingerprint density at radius 1 is 1.19 bits per heavy atom. The molecular weight excluding hydrogens is 402 g/mol. The van der Waals surface area contributed by atoms with Crippen LogP contribution in [0.1, 0.15) is 28.5 Å². The summed E-state index contributed by atoms with van der Waals surface area (Å²) < 4.78 is 6.61. The molecule has 0 saturated heterocycles. The van der Waals surface area contributed by atoms with Gasteiger partial charge in [-0.2, -0.15) is 4.74 Å². The highest BCUT2D eigenvalue weighted by atomic mass is 16.5. The largest absolute Gasteiger partial charge is 0.622 e.